The van der Waals surface area contributed by atoms with E-state index in [-0.39, 0.29) is 42.0 Å². The van der Waals surface area contributed by atoms with Gasteiger partial charge in [0.2, 0.25) is 5.91 Å². The molecular formula is C24H40IN5O3. The van der Waals surface area contributed by atoms with Crippen LogP contribution < -0.4 is 20.7 Å². The predicted octanol–water partition coefficient (Wildman–Crippen LogP) is 2.52. The normalized spacial score (nSPS) is 18.7. The van der Waals surface area contributed by atoms with Gasteiger partial charge in [-0.05, 0) is 37.5 Å². The molecule has 0 radical (unpaired) electrons. The van der Waals surface area contributed by atoms with E-state index in [0.717, 1.165) is 50.7 Å². The number of ether oxygens (including phenoxy) is 2. The molecule has 0 unspecified atom stereocenters. The van der Waals surface area contributed by atoms with Crippen molar-refractivity contribution >= 4 is 35.8 Å². The topological polar surface area (TPSA) is 87.2 Å². The Labute approximate surface area is 215 Å². The first kappa shape index (κ1) is 27.7. The average molecular weight is 574 g/mol. The zero-order chi connectivity index (χ0) is 22.7. The van der Waals surface area contributed by atoms with Gasteiger partial charge in [0.25, 0.3) is 0 Å². The monoisotopic (exact) mass is 573 g/mol. The molecule has 3 rings (SSSR count). The Bertz CT molecular complexity index is 732. The summed E-state index contributed by atoms with van der Waals surface area (Å²) in [6.45, 7) is 7.80. The van der Waals surface area contributed by atoms with Crippen LogP contribution in [-0.4, -0.2) is 75.4 Å². The van der Waals surface area contributed by atoms with E-state index < -0.39 is 0 Å². The zero-order valence-corrected chi connectivity index (χ0v) is 22.4. The number of halogens is 1. The summed E-state index contributed by atoms with van der Waals surface area (Å²) in [5.74, 6) is 1.41. The summed E-state index contributed by atoms with van der Waals surface area (Å²) in [5.41, 5.74) is 1.17. The van der Waals surface area contributed by atoms with Crippen LogP contribution in [0.3, 0.4) is 0 Å². The molecule has 186 valence electrons. The van der Waals surface area contributed by atoms with Crippen molar-refractivity contribution < 1.29 is 14.3 Å². The van der Waals surface area contributed by atoms with Gasteiger partial charge in [0, 0.05) is 38.3 Å². The van der Waals surface area contributed by atoms with Crippen molar-refractivity contribution in [2.75, 3.05) is 53.0 Å². The highest BCUT2D eigenvalue weighted by Crippen LogP contribution is 2.33. The van der Waals surface area contributed by atoms with Crippen molar-refractivity contribution in [2.45, 2.75) is 51.1 Å². The fraction of sp³-hybridized carbons (Fsp3) is 0.667. The van der Waals surface area contributed by atoms with Gasteiger partial charge in [-0.3, -0.25) is 9.69 Å². The Morgan fingerprint density at radius 1 is 1.09 bits per heavy atom. The second kappa shape index (κ2) is 14.6. The number of carbonyl (C=O) groups is 1. The molecule has 1 aliphatic carbocycles. The SMILES string of the molecule is CCNC(=NCC(=O)NCc1ccc(OC)cc1)NCC1(N2CCOCC2)CCCCC1.I. The van der Waals surface area contributed by atoms with Crippen LogP contribution >= 0.6 is 24.0 Å². The van der Waals surface area contributed by atoms with Gasteiger partial charge in [-0.25, -0.2) is 4.99 Å². The number of morpholine rings is 1. The minimum absolute atomic E-state index is 0. The summed E-state index contributed by atoms with van der Waals surface area (Å²) in [5, 5.41) is 9.75. The smallest absolute Gasteiger partial charge is 0.242 e. The molecule has 1 amide bonds. The maximum Gasteiger partial charge on any atom is 0.242 e. The van der Waals surface area contributed by atoms with Crippen LogP contribution in [0.4, 0.5) is 0 Å². The number of rotatable bonds is 9. The van der Waals surface area contributed by atoms with E-state index in [1.165, 1.54) is 32.1 Å². The van der Waals surface area contributed by atoms with Crippen molar-refractivity contribution in [3.8, 4) is 5.75 Å². The lowest BCUT2D eigenvalue weighted by Gasteiger charge is -2.48. The van der Waals surface area contributed by atoms with E-state index in [0.29, 0.717) is 12.5 Å². The fourth-order valence-corrected chi connectivity index (χ4v) is 4.59. The third-order valence-corrected chi connectivity index (χ3v) is 6.42. The Kier molecular flexibility index (Phi) is 12.3. The molecular weight excluding hydrogens is 533 g/mol. The number of carbonyl (C=O) groups excluding carboxylic acids is 1. The number of nitrogens with one attached hydrogen (secondary N) is 3. The lowest BCUT2D eigenvalue weighted by molar-refractivity contribution is -0.119. The zero-order valence-electron chi connectivity index (χ0n) is 20.0. The molecule has 1 aromatic carbocycles. The molecule has 1 aromatic rings. The summed E-state index contributed by atoms with van der Waals surface area (Å²) in [7, 11) is 1.64. The Balaban J connectivity index is 0.00000385. The second-order valence-electron chi connectivity index (χ2n) is 8.56. The number of aliphatic imine (C=N–C) groups is 1. The highest BCUT2D eigenvalue weighted by molar-refractivity contribution is 14.0. The molecule has 1 saturated carbocycles. The molecule has 8 nitrogen and oxygen atoms in total. The molecule has 1 saturated heterocycles. The van der Waals surface area contributed by atoms with Crippen molar-refractivity contribution in [1.82, 2.24) is 20.9 Å². The summed E-state index contributed by atoms with van der Waals surface area (Å²) in [6.07, 6.45) is 6.24. The first-order valence-corrected chi connectivity index (χ1v) is 11.9. The average Bonchev–Trinajstić information content (AvgIpc) is 2.86. The van der Waals surface area contributed by atoms with Gasteiger partial charge in [0.05, 0.1) is 20.3 Å². The Hall–Kier alpha value is -1.59. The molecule has 2 aliphatic rings. The van der Waals surface area contributed by atoms with Gasteiger partial charge in [0.1, 0.15) is 12.3 Å². The van der Waals surface area contributed by atoms with Crippen LogP contribution in [0.2, 0.25) is 0 Å². The summed E-state index contributed by atoms with van der Waals surface area (Å²) >= 11 is 0. The number of hydrogen-bond donors (Lipinski definition) is 3. The molecule has 3 N–H and O–H groups in total. The van der Waals surface area contributed by atoms with Crippen LogP contribution in [0, 0.1) is 0 Å². The van der Waals surface area contributed by atoms with Crippen molar-refractivity contribution in [1.29, 1.82) is 0 Å². The lowest BCUT2D eigenvalue weighted by Crippen LogP contribution is -2.60. The fourth-order valence-electron chi connectivity index (χ4n) is 4.59. The maximum absolute atomic E-state index is 12.3. The minimum Gasteiger partial charge on any atom is -0.497 e. The van der Waals surface area contributed by atoms with E-state index in [1.807, 2.05) is 31.2 Å². The van der Waals surface area contributed by atoms with Gasteiger partial charge >= 0.3 is 0 Å². The van der Waals surface area contributed by atoms with Crippen LogP contribution in [0.15, 0.2) is 29.3 Å². The number of nitrogens with zero attached hydrogens (tertiary/aromatic N) is 2. The summed E-state index contributed by atoms with van der Waals surface area (Å²) < 4.78 is 10.7. The molecule has 2 fully saturated rings. The van der Waals surface area contributed by atoms with Crippen LogP contribution in [0.5, 0.6) is 5.75 Å². The second-order valence-corrected chi connectivity index (χ2v) is 8.56. The standard InChI is InChI=1S/C24H39N5O3.HI/c1-3-25-23(27-18-22(30)26-17-20-7-9-21(31-2)10-8-20)28-19-24(11-5-4-6-12-24)29-13-15-32-16-14-29;/h7-10H,3-6,11-19H2,1-2H3,(H,26,30)(H2,25,27,28);1H. The van der Waals surface area contributed by atoms with Gasteiger partial charge in [-0.15, -0.1) is 24.0 Å². The van der Waals surface area contributed by atoms with Gasteiger partial charge in [0.15, 0.2) is 5.96 Å². The van der Waals surface area contributed by atoms with Gasteiger partial charge in [-0.1, -0.05) is 31.4 Å². The predicted molar refractivity (Wildman–Crippen MR) is 142 cm³/mol. The number of guanidine groups is 1. The Morgan fingerprint density at radius 2 is 1.79 bits per heavy atom. The van der Waals surface area contributed by atoms with Crippen molar-refractivity contribution in [3.05, 3.63) is 29.8 Å². The number of benzene rings is 1. The molecule has 33 heavy (non-hydrogen) atoms. The van der Waals surface area contributed by atoms with E-state index in [1.54, 1.807) is 7.11 Å². The molecule has 0 atom stereocenters. The van der Waals surface area contributed by atoms with E-state index in [2.05, 4.69) is 25.8 Å². The molecule has 1 heterocycles. The van der Waals surface area contributed by atoms with Crippen molar-refractivity contribution in [2.24, 2.45) is 4.99 Å². The largest absolute Gasteiger partial charge is 0.497 e. The summed E-state index contributed by atoms with van der Waals surface area (Å²) in [6, 6.07) is 7.68. The number of hydrogen-bond acceptors (Lipinski definition) is 5. The molecule has 0 aromatic heterocycles. The van der Waals surface area contributed by atoms with Gasteiger partial charge in [-0.2, -0.15) is 0 Å². The van der Waals surface area contributed by atoms with Crippen molar-refractivity contribution in [3.63, 3.8) is 0 Å². The van der Waals surface area contributed by atoms with Crippen LogP contribution in [0.1, 0.15) is 44.6 Å². The molecule has 9 heteroatoms. The van der Waals surface area contributed by atoms with Gasteiger partial charge < -0.3 is 25.4 Å². The third kappa shape index (κ3) is 8.60. The lowest BCUT2D eigenvalue weighted by atomic mass is 9.80. The quantitative estimate of drug-likeness (QED) is 0.239. The third-order valence-electron chi connectivity index (χ3n) is 6.42. The first-order valence-electron chi connectivity index (χ1n) is 11.9. The van der Waals surface area contributed by atoms with E-state index in [4.69, 9.17) is 9.47 Å². The maximum atomic E-state index is 12.3. The van der Waals surface area contributed by atoms with E-state index >= 15 is 0 Å². The highest BCUT2D eigenvalue weighted by atomic mass is 127. The molecule has 0 bridgehead atoms. The number of methoxy groups -OCH3 is 1. The minimum atomic E-state index is -0.0985. The first-order chi connectivity index (χ1) is 15.6. The molecule has 1 aliphatic heterocycles. The van der Waals surface area contributed by atoms with Crippen LogP contribution in [-0.2, 0) is 16.1 Å². The highest BCUT2D eigenvalue weighted by Gasteiger charge is 2.38. The van der Waals surface area contributed by atoms with Crippen LogP contribution in [0.25, 0.3) is 0 Å². The summed E-state index contributed by atoms with van der Waals surface area (Å²) in [4.78, 5) is 19.5. The Morgan fingerprint density at radius 3 is 2.42 bits per heavy atom. The van der Waals surface area contributed by atoms with E-state index in [9.17, 15) is 4.79 Å². The molecule has 0 spiro atoms. The number of amides is 1.